The molecule has 4 heteroatoms. The highest BCUT2D eigenvalue weighted by Crippen LogP contribution is 2.21. The molecule has 2 heterocycles. The second-order valence-electron chi connectivity index (χ2n) is 5.78. The predicted molar refractivity (Wildman–Crippen MR) is 83.1 cm³/mol. The highest BCUT2D eigenvalue weighted by atomic mass is 16.3. The number of carbonyl (C=O) groups is 1. The molecule has 1 aromatic carbocycles. The van der Waals surface area contributed by atoms with Gasteiger partial charge < -0.3 is 15.0 Å². The fourth-order valence-corrected chi connectivity index (χ4v) is 3.27. The van der Waals surface area contributed by atoms with E-state index in [2.05, 4.69) is 17.1 Å². The zero-order valence-corrected chi connectivity index (χ0v) is 12.2. The Kier molecular flexibility index (Phi) is 4.25. The Morgan fingerprint density at radius 2 is 2.24 bits per heavy atom. The van der Waals surface area contributed by atoms with Crippen molar-refractivity contribution in [1.29, 1.82) is 0 Å². The lowest BCUT2D eigenvalue weighted by molar-refractivity contribution is -0.132. The van der Waals surface area contributed by atoms with Gasteiger partial charge in [-0.3, -0.25) is 4.79 Å². The van der Waals surface area contributed by atoms with Crippen LogP contribution in [0.15, 0.2) is 30.5 Å². The molecule has 3 rings (SSSR count). The van der Waals surface area contributed by atoms with Crippen LogP contribution in [0.25, 0.3) is 10.9 Å². The number of H-pyrrole nitrogens is 1. The van der Waals surface area contributed by atoms with Gasteiger partial charge in [-0.25, -0.2) is 0 Å². The number of fused-ring (bicyclic) bond motifs is 1. The number of nitrogens with zero attached hydrogens (tertiary/aromatic N) is 1. The number of amides is 1. The van der Waals surface area contributed by atoms with E-state index in [0.29, 0.717) is 6.42 Å². The minimum absolute atomic E-state index is 0.0468. The van der Waals surface area contributed by atoms with Crippen LogP contribution < -0.4 is 0 Å². The molecule has 2 aromatic rings. The Balaban J connectivity index is 1.55. The molecule has 0 bridgehead atoms. The molecule has 1 unspecified atom stereocenters. The average Bonchev–Trinajstić information content (AvgIpc) is 3.14. The van der Waals surface area contributed by atoms with Crippen LogP contribution in [-0.4, -0.2) is 40.1 Å². The van der Waals surface area contributed by atoms with Crippen LogP contribution in [0, 0.1) is 0 Å². The summed E-state index contributed by atoms with van der Waals surface area (Å²) in [6, 6.07) is 8.30. The van der Waals surface area contributed by atoms with Crippen molar-refractivity contribution < 1.29 is 9.90 Å². The van der Waals surface area contributed by atoms with E-state index in [-0.39, 0.29) is 18.6 Å². The van der Waals surface area contributed by atoms with E-state index in [1.165, 1.54) is 10.9 Å². The minimum Gasteiger partial charge on any atom is -0.394 e. The van der Waals surface area contributed by atoms with Crippen molar-refractivity contribution in [3.05, 3.63) is 36.0 Å². The van der Waals surface area contributed by atoms with Crippen LogP contribution >= 0.6 is 0 Å². The number of aromatic amines is 1. The van der Waals surface area contributed by atoms with Gasteiger partial charge in [-0.2, -0.15) is 0 Å². The largest absolute Gasteiger partial charge is 0.394 e. The Hall–Kier alpha value is -1.81. The van der Waals surface area contributed by atoms with E-state index < -0.39 is 0 Å². The number of nitrogens with one attached hydrogen (secondary N) is 1. The molecular weight excluding hydrogens is 264 g/mol. The topological polar surface area (TPSA) is 56.3 Å². The molecule has 2 N–H and O–H groups in total. The van der Waals surface area contributed by atoms with E-state index in [1.807, 2.05) is 23.2 Å². The molecule has 1 aliphatic heterocycles. The van der Waals surface area contributed by atoms with Crippen molar-refractivity contribution in [2.24, 2.45) is 0 Å². The molecule has 0 spiro atoms. The van der Waals surface area contributed by atoms with Crippen LogP contribution in [0.4, 0.5) is 0 Å². The molecule has 112 valence electrons. The molecule has 1 fully saturated rings. The molecule has 1 aliphatic rings. The van der Waals surface area contributed by atoms with Crippen molar-refractivity contribution in [3.8, 4) is 0 Å². The summed E-state index contributed by atoms with van der Waals surface area (Å²) in [6.07, 6.45) is 6.32. The van der Waals surface area contributed by atoms with Gasteiger partial charge >= 0.3 is 0 Å². The maximum absolute atomic E-state index is 12.2. The molecule has 1 amide bonds. The lowest BCUT2D eigenvalue weighted by Gasteiger charge is -2.22. The van der Waals surface area contributed by atoms with E-state index in [4.69, 9.17) is 0 Å². The first-order valence-electron chi connectivity index (χ1n) is 7.75. The Bertz CT molecular complexity index is 620. The monoisotopic (exact) mass is 286 g/mol. The van der Waals surface area contributed by atoms with Gasteiger partial charge in [0.1, 0.15) is 0 Å². The van der Waals surface area contributed by atoms with Gasteiger partial charge in [0.15, 0.2) is 0 Å². The number of hydrogen-bond acceptors (Lipinski definition) is 2. The van der Waals surface area contributed by atoms with Crippen molar-refractivity contribution in [2.45, 2.75) is 38.1 Å². The van der Waals surface area contributed by atoms with Crippen LogP contribution in [-0.2, 0) is 11.2 Å². The quantitative estimate of drug-likeness (QED) is 0.887. The van der Waals surface area contributed by atoms with Crippen molar-refractivity contribution >= 4 is 16.8 Å². The Labute approximate surface area is 124 Å². The van der Waals surface area contributed by atoms with Gasteiger partial charge in [0, 0.05) is 30.1 Å². The third-order valence-corrected chi connectivity index (χ3v) is 4.42. The fourth-order valence-electron chi connectivity index (χ4n) is 3.27. The van der Waals surface area contributed by atoms with Crippen molar-refractivity contribution in [1.82, 2.24) is 9.88 Å². The first-order valence-corrected chi connectivity index (χ1v) is 7.75. The molecular formula is C17H22N2O2. The number of aliphatic hydroxyl groups excluding tert-OH is 1. The van der Waals surface area contributed by atoms with E-state index in [1.54, 1.807) is 0 Å². The average molecular weight is 286 g/mol. The van der Waals surface area contributed by atoms with Crippen molar-refractivity contribution in [3.63, 3.8) is 0 Å². The molecule has 1 saturated heterocycles. The summed E-state index contributed by atoms with van der Waals surface area (Å²) in [5.41, 5.74) is 2.43. The summed E-state index contributed by atoms with van der Waals surface area (Å²) >= 11 is 0. The number of para-hydroxylation sites is 1. The van der Waals surface area contributed by atoms with Gasteiger partial charge in [0.05, 0.1) is 12.6 Å². The minimum atomic E-state index is 0.0468. The van der Waals surface area contributed by atoms with Gasteiger partial charge in [-0.15, -0.1) is 0 Å². The van der Waals surface area contributed by atoms with Crippen LogP contribution in [0.3, 0.4) is 0 Å². The molecule has 4 nitrogen and oxygen atoms in total. The standard InChI is InChI=1S/C17H22N2O2/c20-12-14-6-4-10-19(14)17(21)9-3-5-13-11-18-16-8-2-1-7-15(13)16/h1-2,7-8,11,14,18,20H,3-6,9-10,12H2. The predicted octanol–water partition coefficient (Wildman–Crippen LogP) is 2.47. The summed E-state index contributed by atoms with van der Waals surface area (Å²) in [6.45, 7) is 0.894. The number of hydrogen-bond donors (Lipinski definition) is 2. The summed E-state index contributed by atoms with van der Waals surface area (Å²) in [7, 11) is 0. The molecule has 0 aliphatic carbocycles. The van der Waals surface area contributed by atoms with Gasteiger partial charge in [-0.05, 0) is 37.3 Å². The first kappa shape index (κ1) is 14.1. The zero-order valence-electron chi connectivity index (χ0n) is 12.2. The number of aliphatic hydroxyl groups is 1. The number of carbonyl (C=O) groups excluding carboxylic acids is 1. The van der Waals surface area contributed by atoms with Crippen LogP contribution in [0.1, 0.15) is 31.2 Å². The molecule has 1 aromatic heterocycles. The zero-order chi connectivity index (χ0) is 14.7. The maximum atomic E-state index is 12.2. The third kappa shape index (κ3) is 2.95. The summed E-state index contributed by atoms with van der Waals surface area (Å²) in [5, 5.41) is 10.5. The normalized spacial score (nSPS) is 18.5. The van der Waals surface area contributed by atoms with Gasteiger partial charge in [0.25, 0.3) is 0 Å². The maximum Gasteiger partial charge on any atom is 0.222 e. The van der Waals surface area contributed by atoms with E-state index >= 15 is 0 Å². The number of benzene rings is 1. The highest BCUT2D eigenvalue weighted by molar-refractivity contribution is 5.83. The summed E-state index contributed by atoms with van der Waals surface area (Å²) in [4.78, 5) is 17.3. The lowest BCUT2D eigenvalue weighted by Crippen LogP contribution is -2.37. The van der Waals surface area contributed by atoms with Crippen LogP contribution in [0.5, 0.6) is 0 Å². The number of likely N-dealkylation sites (tertiary alicyclic amines) is 1. The van der Waals surface area contributed by atoms with Crippen LogP contribution in [0.2, 0.25) is 0 Å². The Morgan fingerprint density at radius 1 is 1.38 bits per heavy atom. The molecule has 1 atom stereocenters. The number of aromatic nitrogens is 1. The Morgan fingerprint density at radius 3 is 3.10 bits per heavy atom. The molecule has 0 radical (unpaired) electrons. The van der Waals surface area contributed by atoms with Gasteiger partial charge in [-0.1, -0.05) is 18.2 Å². The molecule has 0 saturated carbocycles. The molecule has 21 heavy (non-hydrogen) atoms. The third-order valence-electron chi connectivity index (χ3n) is 4.42. The fraction of sp³-hybridized carbons (Fsp3) is 0.471. The van der Waals surface area contributed by atoms with Crippen molar-refractivity contribution in [2.75, 3.05) is 13.2 Å². The highest BCUT2D eigenvalue weighted by Gasteiger charge is 2.27. The summed E-state index contributed by atoms with van der Waals surface area (Å²) < 4.78 is 0. The van der Waals surface area contributed by atoms with E-state index in [0.717, 1.165) is 37.7 Å². The number of rotatable bonds is 5. The lowest BCUT2D eigenvalue weighted by atomic mass is 10.1. The second-order valence-corrected chi connectivity index (χ2v) is 5.78. The van der Waals surface area contributed by atoms with Gasteiger partial charge in [0.2, 0.25) is 5.91 Å². The first-order chi connectivity index (χ1) is 10.3. The smallest absolute Gasteiger partial charge is 0.222 e. The summed E-state index contributed by atoms with van der Waals surface area (Å²) in [5.74, 6) is 0.186. The SMILES string of the molecule is O=C(CCCc1c[nH]c2ccccc12)N1CCCC1CO. The van der Waals surface area contributed by atoms with E-state index in [9.17, 15) is 9.90 Å². The second kappa shape index (κ2) is 6.31. The number of aryl methyl sites for hydroxylation is 1.